The molecule has 3 aromatic rings. The van der Waals surface area contributed by atoms with E-state index in [1.54, 1.807) is 50.9 Å². The number of ether oxygens (including phenoxy) is 3. The van der Waals surface area contributed by atoms with Crippen molar-refractivity contribution in [3.05, 3.63) is 66.0 Å². The second-order valence-corrected chi connectivity index (χ2v) is 8.79. The Balaban J connectivity index is 1.41. The minimum absolute atomic E-state index is 0.179. The van der Waals surface area contributed by atoms with Crippen LogP contribution in [0.3, 0.4) is 0 Å². The zero-order chi connectivity index (χ0) is 24.8. The van der Waals surface area contributed by atoms with Crippen LogP contribution < -0.4 is 24.4 Å². The minimum atomic E-state index is -0.215. The van der Waals surface area contributed by atoms with E-state index in [2.05, 4.69) is 27.1 Å². The van der Waals surface area contributed by atoms with Crippen LogP contribution in [-0.4, -0.2) is 43.2 Å². The molecule has 1 fully saturated rings. The van der Waals surface area contributed by atoms with E-state index in [-0.39, 0.29) is 11.9 Å². The van der Waals surface area contributed by atoms with Gasteiger partial charge >= 0.3 is 0 Å². The Labute approximate surface area is 206 Å². The number of amides is 1. The average Bonchev–Trinajstić information content (AvgIpc) is 2.89. The third-order valence-corrected chi connectivity index (χ3v) is 6.32. The molecule has 1 aromatic heterocycles. The second kappa shape index (κ2) is 11.1. The molecule has 1 aliphatic heterocycles. The third-order valence-electron chi connectivity index (χ3n) is 6.32. The number of aromatic nitrogens is 2. The number of rotatable bonds is 8. The van der Waals surface area contributed by atoms with E-state index in [1.807, 2.05) is 25.1 Å². The van der Waals surface area contributed by atoms with E-state index in [1.165, 1.54) is 0 Å². The zero-order valence-electron chi connectivity index (χ0n) is 20.7. The number of carbonyl (C=O) groups excluding carboxylic acids is 1. The molecule has 4 rings (SSSR count). The first-order valence-electron chi connectivity index (χ1n) is 11.8. The summed E-state index contributed by atoms with van der Waals surface area (Å²) in [6, 6.07) is 12.4. The van der Waals surface area contributed by atoms with Crippen LogP contribution >= 0.6 is 0 Å². The first kappa shape index (κ1) is 24.3. The fourth-order valence-electron chi connectivity index (χ4n) is 4.10. The van der Waals surface area contributed by atoms with Crippen molar-refractivity contribution in [2.45, 2.75) is 32.7 Å². The van der Waals surface area contributed by atoms with E-state index < -0.39 is 0 Å². The zero-order valence-corrected chi connectivity index (χ0v) is 20.7. The molecule has 35 heavy (non-hydrogen) atoms. The van der Waals surface area contributed by atoms with Gasteiger partial charge in [0.1, 0.15) is 5.75 Å². The van der Waals surface area contributed by atoms with Gasteiger partial charge in [-0.1, -0.05) is 13.0 Å². The fourth-order valence-corrected chi connectivity index (χ4v) is 4.10. The Kier molecular flexibility index (Phi) is 7.70. The van der Waals surface area contributed by atoms with Gasteiger partial charge in [-0.2, -0.15) is 0 Å². The second-order valence-electron chi connectivity index (χ2n) is 8.79. The molecule has 0 spiro atoms. The van der Waals surface area contributed by atoms with Crippen LogP contribution in [-0.2, 0) is 0 Å². The summed E-state index contributed by atoms with van der Waals surface area (Å²) in [4.78, 5) is 24.0. The maximum absolute atomic E-state index is 12.8. The lowest BCUT2D eigenvalue weighted by Crippen LogP contribution is -2.33. The Morgan fingerprint density at radius 1 is 1.00 bits per heavy atom. The number of methoxy groups -OCH3 is 2. The number of hydrogen-bond acceptors (Lipinski definition) is 7. The number of anilines is 1. The Morgan fingerprint density at radius 3 is 2.37 bits per heavy atom. The molecule has 0 bridgehead atoms. The number of carbonyl (C=O) groups is 1. The van der Waals surface area contributed by atoms with Gasteiger partial charge in [0.2, 0.25) is 0 Å². The van der Waals surface area contributed by atoms with Gasteiger partial charge in [-0.05, 0) is 67.6 Å². The van der Waals surface area contributed by atoms with Crippen LogP contribution in [0.2, 0.25) is 0 Å². The van der Waals surface area contributed by atoms with Crippen molar-refractivity contribution in [3.63, 3.8) is 0 Å². The molecule has 1 amide bonds. The molecular weight excluding hydrogens is 444 g/mol. The lowest BCUT2D eigenvalue weighted by atomic mass is 9.99. The first-order valence-corrected chi connectivity index (χ1v) is 11.8. The average molecular weight is 477 g/mol. The van der Waals surface area contributed by atoms with Gasteiger partial charge in [0.05, 0.1) is 20.3 Å². The van der Waals surface area contributed by atoms with Gasteiger partial charge in [-0.25, -0.2) is 9.97 Å². The number of benzene rings is 2. The summed E-state index contributed by atoms with van der Waals surface area (Å²) in [7, 11) is 3.18. The molecule has 0 aliphatic carbocycles. The molecule has 8 nitrogen and oxygen atoms in total. The van der Waals surface area contributed by atoms with E-state index in [9.17, 15) is 4.79 Å². The van der Waals surface area contributed by atoms with E-state index in [4.69, 9.17) is 14.2 Å². The SMILES string of the molecule is COc1ccc([C@H](C)NC(=O)c2ccc(Oc3nccnc3N3CCC(C)CC3)cc2)cc1OC. The Morgan fingerprint density at radius 2 is 1.69 bits per heavy atom. The predicted octanol–water partition coefficient (Wildman–Crippen LogP) is 5.01. The highest BCUT2D eigenvalue weighted by Gasteiger charge is 2.21. The van der Waals surface area contributed by atoms with Crippen molar-refractivity contribution >= 4 is 11.7 Å². The van der Waals surface area contributed by atoms with Crippen molar-refractivity contribution in [3.8, 4) is 23.1 Å². The van der Waals surface area contributed by atoms with Gasteiger partial charge < -0.3 is 24.4 Å². The smallest absolute Gasteiger partial charge is 0.263 e. The molecule has 1 N–H and O–H groups in total. The van der Waals surface area contributed by atoms with E-state index >= 15 is 0 Å². The molecule has 1 aliphatic rings. The van der Waals surface area contributed by atoms with Crippen molar-refractivity contribution in [1.29, 1.82) is 0 Å². The molecule has 2 aromatic carbocycles. The molecule has 1 saturated heterocycles. The number of nitrogens with one attached hydrogen (secondary N) is 1. The van der Waals surface area contributed by atoms with Crippen LogP contribution in [0.5, 0.6) is 23.1 Å². The van der Waals surface area contributed by atoms with Crippen molar-refractivity contribution in [2.24, 2.45) is 5.92 Å². The monoisotopic (exact) mass is 476 g/mol. The highest BCUT2D eigenvalue weighted by Crippen LogP contribution is 2.32. The van der Waals surface area contributed by atoms with Crippen LogP contribution in [0, 0.1) is 5.92 Å². The fraction of sp³-hybridized carbons (Fsp3) is 0.370. The first-order chi connectivity index (χ1) is 17.0. The van der Waals surface area contributed by atoms with Gasteiger partial charge in [0, 0.05) is 31.0 Å². The normalized spacial score (nSPS) is 14.8. The molecule has 2 heterocycles. The van der Waals surface area contributed by atoms with Crippen LogP contribution in [0.15, 0.2) is 54.9 Å². The highest BCUT2D eigenvalue weighted by atomic mass is 16.5. The molecule has 0 radical (unpaired) electrons. The minimum Gasteiger partial charge on any atom is -0.493 e. The summed E-state index contributed by atoms with van der Waals surface area (Å²) < 4.78 is 16.7. The van der Waals surface area contributed by atoms with E-state index in [0.29, 0.717) is 28.7 Å². The summed E-state index contributed by atoms with van der Waals surface area (Å²) in [6.45, 7) is 6.08. The number of nitrogens with zero attached hydrogens (tertiary/aromatic N) is 3. The maximum atomic E-state index is 12.8. The lowest BCUT2D eigenvalue weighted by molar-refractivity contribution is 0.0940. The predicted molar refractivity (Wildman–Crippen MR) is 135 cm³/mol. The molecule has 0 unspecified atom stereocenters. The topological polar surface area (TPSA) is 85.8 Å². The third kappa shape index (κ3) is 5.82. The van der Waals surface area contributed by atoms with Crippen LogP contribution in [0.1, 0.15) is 48.7 Å². The summed E-state index contributed by atoms with van der Waals surface area (Å²) in [6.07, 6.45) is 5.57. The standard InChI is InChI=1S/C27H32N4O4/c1-18-11-15-31(16-12-18)25-27(29-14-13-28-25)35-22-8-5-20(6-9-22)26(32)30-19(2)21-7-10-23(33-3)24(17-21)34-4/h5-10,13-14,17-19H,11-12,15-16H2,1-4H3,(H,30,32)/t19-/m0/s1. The highest BCUT2D eigenvalue weighted by molar-refractivity contribution is 5.94. The van der Waals surface area contributed by atoms with Crippen LogP contribution in [0.4, 0.5) is 5.82 Å². The number of piperidine rings is 1. The van der Waals surface area contributed by atoms with Crippen molar-refractivity contribution in [2.75, 3.05) is 32.2 Å². The van der Waals surface area contributed by atoms with Gasteiger partial charge in [0.25, 0.3) is 11.8 Å². The van der Waals surface area contributed by atoms with Gasteiger partial charge in [0.15, 0.2) is 17.3 Å². The Bertz CT molecular complexity index is 1140. The van der Waals surface area contributed by atoms with Crippen LogP contribution in [0.25, 0.3) is 0 Å². The molecular formula is C27H32N4O4. The summed E-state index contributed by atoms with van der Waals surface area (Å²) in [5.74, 6) is 3.64. The molecule has 8 heteroatoms. The number of hydrogen-bond donors (Lipinski definition) is 1. The Hall–Kier alpha value is -3.81. The summed E-state index contributed by atoms with van der Waals surface area (Å²) in [5.41, 5.74) is 1.45. The summed E-state index contributed by atoms with van der Waals surface area (Å²) in [5, 5.41) is 3.02. The van der Waals surface area contributed by atoms with E-state index in [0.717, 1.165) is 43.2 Å². The lowest BCUT2D eigenvalue weighted by Gasteiger charge is -2.31. The van der Waals surface area contributed by atoms with Crippen molar-refractivity contribution in [1.82, 2.24) is 15.3 Å². The maximum Gasteiger partial charge on any atom is 0.263 e. The van der Waals surface area contributed by atoms with Gasteiger partial charge in [-0.3, -0.25) is 4.79 Å². The quantitative estimate of drug-likeness (QED) is 0.489. The van der Waals surface area contributed by atoms with Crippen molar-refractivity contribution < 1.29 is 19.0 Å². The largest absolute Gasteiger partial charge is 0.493 e. The molecule has 1 atom stereocenters. The molecule has 184 valence electrons. The van der Waals surface area contributed by atoms with Gasteiger partial charge in [-0.15, -0.1) is 0 Å². The molecule has 0 saturated carbocycles. The summed E-state index contributed by atoms with van der Waals surface area (Å²) >= 11 is 0.